The number of carbonyl (C=O) groups is 1. The highest BCUT2D eigenvalue weighted by Crippen LogP contribution is 2.23. The number of benzene rings is 2. The topological polar surface area (TPSA) is 98.3 Å². The Morgan fingerprint density at radius 1 is 1.21 bits per heavy atom. The van der Waals surface area contributed by atoms with E-state index < -0.39 is 22.1 Å². The van der Waals surface area contributed by atoms with E-state index in [0.29, 0.717) is 11.4 Å². The van der Waals surface area contributed by atoms with Gasteiger partial charge in [-0.15, -0.1) is 0 Å². The van der Waals surface area contributed by atoms with Gasteiger partial charge in [0.25, 0.3) is 11.6 Å². The number of anilines is 1. The first-order chi connectivity index (χ1) is 13.8. The molecule has 148 valence electrons. The van der Waals surface area contributed by atoms with E-state index in [1.165, 1.54) is 58.1 Å². The summed E-state index contributed by atoms with van der Waals surface area (Å²) in [4.78, 5) is 37.6. The van der Waals surface area contributed by atoms with E-state index in [0.717, 1.165) is 0 Å². The van der Waals surface area contributed by atoms with Gasteiger partial charge in [-0.1, -0.05) is 12.1 Å². The minimum Gasteiger partial charge on any atom is -0.307 e. The van der Waals surface area contributed by atoms with E-state index in [-0.39, 0.29) is 23.6 Å². The van der Waals surface area contributed by atoms with Crippen LogP contribution in [0.4, 0.5) is 15.8 Å². The zero-order valence-corrected chi connectivity index (χ0v) is 15.7. The lowest BCUT2D eigenvalue weighted by Gasteiger charge is -2.21. The fourth-order valence-electron chi connectivity index (χ4n) is 2.93. The van der Waals surface area contributed by atoms with Gasteiger partial charge in [0.05, 0.1) is 4.92 Å². The number of aromatic nitrogens is 2. The van der Waals surface area contributed by atoms with Crippen molar-refractivity contribution in [2.75, 3.05) is 11.4 Å². The summed E-state index contributed by atoms with van der Waals surface area (Å²) in [5, 5.41) is 15.5. The van der Waals surface area contributed by atoms with Crippen molar-refractivity contribution in [3.63, 3.8) is 0 Å². The molecule has 0 spiro atoms. The summed E-state index contributed by atoms with van der Waals surface area (Å²) in [6, 6.07) is 12.4. The molecule has 0 bridgehead atoms. The summed E-state index contributed by atoms with van der Waals surface area (Å²) < 4.78 is 14.4. The van der Waals surface area contributed by atoms with Crippen molar-refractivity contribution in [3.05, 3.63) is 92.1 Å². The second-order valence-electron chi connectivity index (χ2n) is 6.18. The maximum absolute atomic E-state index is 13.2. The highest BCUT2D eigenvalue weighted by molar-refractivity contribution is 6.04. The molecule has 0 aliphatic heterocycles. The molecule has 0 unspecified atom stereocenters. The second-order valence-corrected chi connectivity index (χ2v) is 6.18. The molecule has 8 nitrogen and oxygen atoms in total. The van der Waals surface area contributed by atoms with Gasteiger partial charge in [0.15, 0.2) is 5.69 Å². The second kappa shape index (κ2) is 8.01. The quantitative estimate of drug-likeness (QED) is 0.487. The van der Waals surface area contributed by atoms with Crippen molar-refractivity contribution >= 4 is 17.3 Å². The van der Waals surface area contributed by atoms with E-state index in [1.54, 1.807) is 19.9 Å². The van der Waals surface area contributed by atoms with Crippen molar-refractivity contribution in [1.29, 1.82) is 0 Å². The Hall–Kier alpha value is -3.88. The predicted molar refractivity (Wildman–Crippen MR) is 105 cm³/mol. The molecule has 3 rings (SSSR count). The molecular formula is C20H17FN4O4. The first-order valence-corrected chi connectivity index (χ1v) is 8.75. The van der Waals surface area contributed by atoms with Crippen LogP contribution in [0.2, 0.25) is 0 Å². The molecule has 1 heterocycles. The molecule has 1 aromatic heterocycles. The first kappa shape index (κ1) is 19.9. The number of halogens is 1. The molecule has 0 saturated heterocycles. The molecule has 0 saturated carbocycles. The monoisotopic (exact) mass is 396 g/mol. The first-order valence-electron chi connectivity index (χ1n) is 8.75. The van der Waals surface area contributed by atoms with E-state index in [9.17, 15) is 24.1 Å². The van der Waals surface area contributed by atoms with Crippen molar-refractivity contribution in [2.45, 2.75) is 13.8 Å². The molecule has 2 aromatic carbocycles. The summed E-state index contributed by atoms with van der Waals surface area (Å²) in [6.07, 6.45) is 0. The zero-order valence-electron chi connectivity index (χ0n) is 15.7. The zero-order chi connectivity index (χ0) is 21.1. The highest BCUT2D eigenvalue weighted by atomic mass is 19.1. The van der Waals surface area contributed by atoms with Gasteiger partial charge in [0.2, 0.25) is 5.43 Å². The molecule has 29 heavy (non-hydrogen) atoms. The number of amides is 1. The van der Waals surface area contributed by atoms with Crippen LogP contribution in [0, 0.1) is 22.9 Å². The third-order valence-electron chi connectivity index (χ3n) is 4.32. The summed E-state index contributed by atoms with van der Waals surface area (Å²) in [5.74, 6) is -1.14. The van der Waals surface area contributed by atoms with E-state index in [1.807, 2.05) is 0 Å². The van der Waals surface area contributed by atoms with Crippen LogP contribution in [0.5, 0.6) is 0 Å². The van der Waals surface area contributed by atoms with Gasteiger partial charge in [0, 0.05) is 30.1 Å². The maximum Gasteiger partial charge on any atom is 0.294 e. The smallest absolute Gasteiger partial charge is 0.294 e. The number of hydrogen-bond donors (Lipinski definition) is 0. The van der Waals surface area contributed by atoms with Crippen LogP contribution >= 0.6 is 0 Å². The molecule has 3 aromatic rings. The number of carbonyl (C=O) groups excluding carboxylic acids is 1. The van der Waals surface area contributed by atoms with Crippen LogP contribution < -0.4 is 10.3 Å². The average Bonchev–Trinajstić information content (AvgIpc) is 2.70. The number of rotatable bonds is 5. The van der Waals surface area contributed by atoms with Gasteiger partial charge in [0.1, 0.15) is 11.5 Å². The van der Waals surface area contributed by atoms with Crippen LogP contribution in [-0.2, 0) is 0 Å². The van der Waals surface area contributed by atoms with Gasteiger partial charge in [-0.3, -0.25) is 19.7 Å². The van der Waals surface area contributed by atoms with Crippen LogP contribution in [0.25, 0.3) is 5.69 Å². The lowest BCUT2D eigenvalue weighted by atomic mass is 10.2. The third kappa shape index (κ3) is 3.88. The minimum atomic E-state index is -0.684. The van der Waals surface area contributed by atoms with Gasteiger partial charge >= 0.3 is 0 Å². The number of hydrogen-bond acceptors (Lipinski definition) is 5. The van der Waals surface area contributed by atoms with Gasteiger partial charge < -0.3 is 4.90 Å². The fraction of sp³-hybridized carbons (Fsp3) is 0.150. The van der Waals surface area contributed by atoms with Gasteiger partial charge in [-0.2, -0.15) is 5.10 Å². The van der Waals surface area contributed by atoms with E-state index in [2.05, 4.69) is 5.10 Å². The van der Waals surface area contributed by atoms with Crippen LogP contribution in [0.15, 0.2) is 59.4 Å². The molecule has 0 aliphatic rings. The molecule has 0 atom stereocenters. The molecule has 0 radical (unpaired) electrons. The van der Waals surface area contributed by atoms with Gasteiger partial charge in [-0.25, -0.2) is 9.07 Å². The van der Waals surface area contributed by atoms with Crippen molar-refractivity contribution in [1.82, 2.24) is 9.78 Å². The number of aryl methyl sites for hydroxylation is 1. The summed E-state index contributed by atoms with van der Waals surface area (Å²) in [5.41, 5.74) is -0.337. The fourth-order valence-corrected chi connectivity index (χ4v) is 2.93. The van der Waals surface area contributed by atoms with Crippen molar-refractivity contribution in [3.8, 4) is 5.69 Å². The molecule has 9 heteroatoms. The summed E-state index contributed by atoms with van der Waals surface area (Å²) in [6.45, 7) is 3.48. The Kier molecular flexibility index (Phi) is 5.49. The Morgan fingerprint density at radius 3 is 2.48 bits per heavy atom. The Balaban J connectivity index is 2.12. The number of nitrogens with zero attached hydrogens (tertiary/aromatic N) is 4. The normalized spacial score (nSPS) is 10.6. The molecule has 0 N–H and O–H groups in total. The molecule has 0 aliphatic carbocycles. The predicted octanol–water partition coefficient (Wildman–Crippen LogP) is 3.25. The Bertz CT molecular complexity index is 1140. The SMILES string of the molecule is CCN(C(=O)c1nn(-c2ccccc2[N+](=O)[O-])c(C)cc1=O)c1ccc(F)cc1. The van der Waals surface area contributed by atoms with E-state index in [4.69, 9.17) is 0 Å². The largest absolute Gasteiger partial charge is 0.307 e. The maximum atomic E-state index is 13.2. The van der Waals surface area contributed by atoms with E-state index >= 15 is 0 Å². The number of nitro benzene ring substituents is 1. The third-order valence-corrected chi connectivity index (χ3v) is 4.32. The Morgan fingerprint density at radius 2 is 1.86 bits per heavy atom. The summed E-state index contributed by atoms with van der Waals surface area (Å²) in [7, 11) is 0. The highest BCUT2D eigenvalue weighted by Gasteiger charge is 2.24. The van der Waals surface area contributed by atoms with Crippen molar-refractivity contribution < 1.29 is 14.1 Å². The standard InChI is InChI=1S/C20H17FN4O4/c1-3-23(15-10-8-14(21)9-11-15)20(27)19-18(26)12-13(2)24(22-19)16-6-4-5-7-17(16)25(28)29/h4-12H,3H2,1-2H3. The lowest BCUT2D eigenvalue weighted by Crippen LogP contribution is -2.36. The van der Waals surface area contributed by atoms with Gasteiger partial charge in [-0.05, 0) is 44.2 Å². The van der Waals surface area contributed by atoms with Crippen LogP contribution in [-0.4, -0.2) is 27.2 Å². The van der Waals surface area contributed by atoms with Crippen LogP contribution in [0.3, 0.4) is 0 Å². The minimum absolute atomic E-state index is 0.133. The Labute approximate surface area is 165 Å². The van der Waals surface area contributed by atoms with Crippen molar-refractivity contribution in [2.24, 2.45) is 0 Å². The molecular weight excluding hydrogens is 379 g/mol. The molecule has 1 amide bonds. The number of para-hydroxylation sites is 2. The number of nitro groups is 1. The lowest BCUT2D eigenvalue weighted by molar-refractivity contribution is -0.384. The summed E-state index contributed by atoms with van der Waals surface area (Å²) >= 11 is 0. The average molecular weight is 396 g/mol. The van der Waals surface area contributed by atoms with Crippen LogP contribution in [0.1, 0.15) is 23.1 Å². The molecule has 0 fully saturated rings.